The molecule has 3 N–H and O–H groups in total. The predicted octanol–water partition coefficient (Wildman–Crippen LogP) is 0.598. The Balaban J connectivity index is 1.44. The topological polar surface area (TPSA) is 134 Å². The minimum atomic E-state index is -3.33. The maximum Gasteiger partial charge on any atom is 0.223 e. The van der Waals surface area contributed by atoms with Crippen LogP contribution in [0, 0.1) is 22.7 Å². The molecule has 2 heterocycles. The van der Waals surface area contributed by atoms with Gasteiger partial charge in [-0.2, -0.15) is 0 Å². The van der Waals surface area contributed by atoms with E-state index in [0.717, 1.165) is 31.9 Å². The number of hydrogen-bond donors (Lipinski definition) is 3. The molecule has 2 amide bonds. The monoisotopic (exact) mass is 515 g/mol. The zero-order chi connectivity index (χ0) is 25.6. The molecule has 4 aliphatic rings. The van der Waals surface area contributed by atoms with Gasteiger partial charge < -0.3 is 24.8 Å². The molecule has 200 valence electrons. The smallest absolute Gasteiger partial charge is 0.223 e. The lowest BCUT2D eigenvalue weighted by molar-refractivity contribution is -0.306. The molecule has 10 nitrogen and oxygen atoms in total. The number of aliphatic hydroxyl groups excluding tert-OH is 1. The normalized spacial score (nSPS) is 41.7. The number of carbonyl (C=O) groups excluding carboxylic acids is 2. The van der Waals surface area contributed by atoms with Crippen LogP contribution in [0.3, 0.4) is 0 Å². The van der Waals surface area contributed by atoms with Crippen molar-refractivity contribution < 1.29 is 32.6 Å². The number of carbonyl (C=O) groups is 2. The summed E-state index contributed by atoms with van der Waals surface area (Å²) < 4.78 is 37.6. The van der Waals surface area contributed by atoms with Crippen molar-refractivity contribution in [1.82, 2.24) is 14.9 Å². The van der Waals surface area contributed by atoms with Crippen molar-refractivity contribution in [1.29, 1.82) is 0 Å². The SMILES string of the molecule is CC(=O)N[C@H]1CCN(C(=O)C[C@@H]2[C@H](O)CC[C@@H]3[C@]4(C)CO[C@@H](CNS(C)(=O)=O)O[C@@H]4CC[C@]32C)C1. The molecule has 35 heavy (non-hydrogen) atoms. The van der Waals surface area contributed by atoms with E-state index in [0.29, 0.717) is 32.5 Å². The number of likely N-dealkylation sites (tertiary alicyclic amines) is 1. The summed E-state index contributed by atoms with van der Waals surface area (Å²) in [6.45, 7) is 7.55. The molecular formula is C24H41N3O7S. The van der Waals surface area contributed by atoms with E-state index in [1.54, 1.807) is 0 Å². The molecule has 11 heteroatoms. The highest BCUT2D eigenvalue weighted by molar-refractivity contribution is 7.88. The highest BCUT2D eigenvalue weighted by Crippen LogP contribution is 2.62. The van der Waals surface area contributed by atoms with Gasteiger partial charge in [0.1, 0.15) is 0 Å². The van der Waals surface area contributed by atoms with Gasteiger partial charge in [0.05, 0.1) is 31.6 Å². The van der Waals surface area contributed by atoms with E-state index < -0.39 is 22.4 Å². The van der Waals surface area contributed by atoms with Gasteiger partial charge in [-0.3, -0.25) is 9.59 Å². The average molecular weight is 516 g/mol. The minimum absolute atomic E-state index is 0.00733. The minimum Gasteiger partial charge on any atom is -0.393 e. The van der Waals surface area contributed by atoms with Crippen LogP contribution in [-0.2, 0) is 29.1 Å². The second-order valence-corrected chi connectivity index (χ2v) is 13.4. The molecule has 4 fully saturated rings. The van der Waals surface area contributed by atoms with Crippen molar-refractivity contribution in [3.8, 4) is 0 Å². The number of sulfonamides is 1. The third-order valence-electron chi connectivity index (χ3n) is 9.09. The lowest BCUT2D eigenvalue weighted by Gasteiger charge is -2.63. The largest absolute Gasteiger partial charge is 0.393 e. The molecule has 0 unspecified atom stereocenters. The molecule has 0 aromatic heterocycles. The van der Waals surface area contributed by atoms with Gasteiger partial charge in [0.2, 0.25) is 21.8 Å². The Bertz CT molecular complexity index is 930. The van der Waals surface area contributed by atoms with Gasteiger partial charge >= 0.3 is 0 Å². The Morgan fingerprint density at radius 2 is 1.89 bits per heavy atom. The number of hydrogen-bond acceptors (Lipinski definition) is 7. The molecule has 2 aliphatic heterocycles. The summed E-state index contributed by atoms with van der Waals surface area (Å²) in [7, 11) is -3.33. The van der Waals surface area contributed by atoms with E-state index >= 15 is 0 Å². The number of rotatable bonds is 6. The van der Waals surface area contributed by atoms with Crippen LogP contribution in [0.1, 0.15) is 59.3 Å². The second-order valence-electron chi connectivity index (χ2n) is 11.6. The Morgan fingerprint density at radius 3 is 2.57 bits per heavy atom. The lowest BCUT2D eigenvalue weighted by atomic mass is 9.46. The fraction of sp³-hybridized carbons (Fsp3) is 0.917. The highest BCUT2D eigenvalue weighted by atomic mass is 32.2. The molecular weight excluding hydrogens is 474 g/mol. The number of nitrogens with one attached hydrogen (secondary N) is 2. The van der Waals surface area contributed by atoms with Gasteiger partial charge in [0.15, 0.2) is 6.29 Å². The summed E-state index contributed by atoms with van der Waals surface area (Å²) in [4.78, 5) is 26.5. The first kappa shape index (κ1) is 26.8. The van der Waals surface area contributed by atoms with Crippen molar-refractivity contribution in [3.05, 3.63) is 0 Å². The maximum absolute atomic E-state index is 13.3. The number of ether oxygens (including phenoxy) is 2. The van der Waals surface area contributed by atoms with Crippen molar-refractivity contribution >= 4 is 21.8 Å². The van der Waals surface area contributed by atoms with Gasteiger partial charge in [0.25, 0.3) is 0 Å². The fourth-order valence-corrected chi connectivity index (χ4v) is 7.76. The third kappa shape index (κ3) is 5.53. The summed E-state index contributed by atoms with van der Waals surface area (Å²) >= 11 is 0. The van der Waals surface area contributed by atoms with E-state index in [1.807, 2.05) is 4.90 Å². The first-order valence-electron chi connectivity index (χ1n) is 12.8. The van der Waals surface area contributed by atoms with Crippen molar-refractivity contribution in [2.24, 2.45) is 22.7 Å². The highest BCUT2D eigenvalue weighted by Gasteiger charge is 2.61. The van der Waals surface area contributed by atoms with Crippen molar-refractivity contribution in [2.45, 2.75) is 83.8 Å². The maximum atomic E-state index is 13.3. The molecule has 2 saturated heterocycles. The molecule has 2 saturated carbocycles. The Labute approximate surface area is 208 Å². The summed E-state index contributed by atoms with van der Waals surface area (Å²) in [5.74, 6) is 0.0122. The van der Waals surface area contributed by atoms with Crippen LogP contribution in [0.5, 0.6) is 0 Å². The van der Waals surface area contributed by atoms with Crippen LogP contribution in [0.2, 0.25) is 0 Å². The molecule has 0 radical (unpaired) electrons. The standard InChI is InChI=1S/C24H41N3O7S/c1-15(28)26-16-8-10-27(13-16)21(30)11-17-18(29)5-6-19-23(17,2)9-7-20-24(19,3)14-33-22(34-20)12-25-35(4,31)32/h16-20,22,25,29H,5-14H2,1-4H3,(H,26,28)/t16-,17+,18+,19-,20+,22+,23-,24-/m0/s1. The Kier molecular flexibility index (Phi) is 7.57. The number of amides is 2. The molecule has 0 bridgehead atoms. The fourth-order valence-electron chi connectivity index (χ4n) is 7.32. The van der Waals surface area contributed by atoms with E-state index in [4.69, 9.17) is 9.47 Å². The van der Waals surface area contributed by atoms with Crippen LogP contribution in [-0.4, -0.2) is 87.3 Å². The van der Waals surface area contributed by atoms with Crippen LogP contribution < -0.4 is 10.0 Å². The second kappa shape index (κ2) is 9.89. The molecule has 0 spiro atoms. The molecule has 0 aromatic carbocycles. The lowest BCUT2D eigenvalue weighted by Crippen LogP contribution is -2.63. The van der Waals surface area contributed by atoms with Gasteiger partial charge in [-0.05, 0) is 49.4 Å². The van der Waals surface area contributed by atoms with Crippen molar-refractivity contribution in [2.75, 3.05) is 32.5 Å². The molecule has 2 aliphatic carbocycles. The van der Waals surface area contributed by atoms with Crippen LogP contribution in [0.25, 0.3) is 0 Å². The van der Waals surface area contributed by atoms with E-state index in [-0.39, 0.29) is 53.2 Å². The summed E-state index contributed by atoms with van der Waals surface area (Å²) in [5.41, 5.74) is -0.514. The van der Waals surface area contributed by atoms with E-state index in [2.05, 4.69) is 23.9 Å². The van der Waals surface area contributed by atoms with E-state index in [9.17, 15) is 23.1 Å². The van der Waals surface area contributed by atoms with Gasteiger partial charge in [-0.1, -0.05) is 13.8 Å². The Morgan fingerprint density at radius 1 is 1.14 bits per heavy atom. The van der Waals surface area contributed by atoms with Crippen LogP contribution in [0.15, 0.2) is 0 Å². The summed E-state index contributed by atoms with van der Waals surface area (Å²) in [5, 5.41) is 13.9. The first-order chi connectivity index (χ1) is 16.3. The predicted molar refractivity (Wildman–Crippen MR) is 129 cm³/mol. The average Bonchev–Trinajstić information content (AvgIpc) is 3.22. The Hall–Kier alpha value is -1.27. The molecule has 4 rings (SSSR count). The van der Waals surface area contributed by atoms with E-state index in [1.165, 1.54) is 6.92 Å². The van der Waals surface area contributed by atoms with Crippen LogP contribution in [0.4, 0.5) is 0 Å². The molecule has 8 atom stereocenters. The zero-order valence-electron chi connectivity index (χ0n) is 21.3. The van der Waals surface area contributed by atoms with Crippen molar-refractivity contribution in [3.63, 3.8) is 0 Å². The quantitative estimate of drug-likeness (QED) is 0.472. The van der Waals surface area contributed by atoms with Gasteiger partial charge in [-0.25, -0.2) is 13.1 Å². The third-order valence-corrected chi connectivity index (χ3v) is 9.78. The number of nitrogens with zero attached hydrogens (tertiary/aromatic N) is 1. The van der Waals surface area contributed by atoms with Gasteiger partial charge in [0, 0.05) is 37.9 Å². The summed E-state index contributed by atoms with van der Waals surface area (Å²) in [6, 6.07) is -0.00733. The zero-order valence-corrected chi connectivity index (χ0v) is 22.1. The van der Waals surface area contributed by atoms with Gasteiger partial charge in [-0.15, -0.1) is 0 Å². The van der Waals surface area contributed by atoms with Crippen LogP contribution >= 0.6 is 0 Å². The number of fused-ring (bicyclic) bond motifs is 3. The molecule has 0 aromatic rings. The summed E-state index contributed by atoms with van der Waals surface area (Å²) in [6.07, 6.45) is 4.01. The first-order valence-corrected chi connectivity index (χ1v) is 14.7. The number of aliphatic hydroxyl groups is 1.